The highest BCUT2D eigenvalue weighted by atomic mass is 35.5. The summed E-state index contributed by atoms with van der Waals surface area (Å²) in [5.41, 5.74) is 5.54. The van der Waals surface area contributed by atoms with E-state index in [0.717, 1.165) is 73.5 Å². The Morgan fingerprint density at radius 1 is 0.833 bits per heavy atom. The molecule has 0 fully saturated rings. The number of benzene rings is 3. The first-order valence-electron chi connectivity index (χ1n) is 16.6. The number of nitrogens with zero attached hydrogens (tertiary/aromatic N) is 1. The molecule has 48 heavy (non-hydrogen) atoms. The molecule has 1 aliphatic heterocycles. The minimum atomic E-state index is -0.223. The molecular weight excluding hydrogens is 634 g/mol. The lowest BCUT2D eigenvalue weighted by atomic mass is 10.0. The number of fused-ring (bicyclic) bond motifs is 1. The maximum atomic E-state index is 12.2. The summed E-state index contributed by atoms with van der Waals surface area (Å²) < 4.78 is 27.7. The SMILES string of the molecule is COc1ccc(CCCc2cccc(NCCCOCCOCCNC(=O)COc3ccc4c(c3)CCCN4C(=O)CCl)c2)cc1OC. The smallest absolute Gasteiger partial charge is 0.258 e. The van der Waals surface area contributed by atoms with Crippen LogP contribution in [-0.4, -0.2) is 84.6 Å². The molecule has 0 atom stereocenters. The average molecular weight is 682 g/mol. The predicted octanol–water partition coefficient (Wildman–Crippen LogP) is 5.43. The van der Waals surface area contributed by atoms with Crippen molar-refractivity contribution in [2.45, 2.75) is 38.5 Å². The van der Waals surface area contributed by atoms with Crippen molar-refractivity contribution in [1.82, 2.24) is 5.32 Å². The molecule has 4 rings (SSSR count). The van der Waals surface area contributed by atoms with Crippen LogP contribution in [0, 0.1) is 0 Å². The van der Waals surface area contributed by atoms with Gasteiger partial charge in [0.25, 0.3) is 5.91 Å². The van der Waals surface area contributed by atoms with Crippen molar-refractivity contribution in [2.75, 3.05) is 83.0 Å². The molecule has 0 unspecified atom stereocenters. The van der Waals surface area contributed by atoms with Crippen molar-refractivity contribution in [3.8, 4) is 17.2 Å². The number of carbonyl (C=O) groups excluding carboxylic acids is 2. The van der Waals surface area contributed by atoms with Crippen LogP contribution in [0.25, 0.3) is 0 Å². The van der Waals surface area contributed by atoms with E-state index in [0.29, 0.717) is 45.3 Å². The predicted molar refractivity (Wildman–Crippen MR) is 189 cm³/mol. The molecule has 2 N–H and O–H groups in total. The molecule has 1 aliphatic rings. The quantitative estimate of drug-likeness (QED) is 0.113. The molecule has 0 aliphatic carbocycles. The molecule has 3 aromatic rings. The second kappa shape index (κ2) is 20.4. The van der Waals surface area contributed by atoms with Crippen LogP contribution in [0.15, 0.2) is 60.7 Å². The van der Waals surface area contributed by atoms with Crippen molar-refractivity contribution < 1.29 is 33.3 Å². The normalized spacial score (nSPS) is 12.3. The molecule has 0 radical (unpaired) electrons. The van der Waals surface area contributed by atoms with E-state index >= 15 is 0 Å². The number of amides is 2. The van der Waals surface area contributed by atoms with Crippen LogP contribution < -0.4 is 29.7 Å². The van der Waals surface area contributed by atoms with E-state index in [4.69, 9.17) is 35.3 Å². The Bertz CT molecular complexity index is 1450. The molecule has 11 heteroatoms. The number of ether oxygens (including phenoxy) is 5. The number of aryl methyl sites for hydroxylation is 3. The second-order valence-corrected chi connectivity index (χ2v) is 11.7. The van der Waals surface area contributed by atoms with Crippen molar-refractivity contribution in [1.29, 1.82) is 0 Å². The number of anilines is 2. The van der Waals surface area contributed by atoms with E-state index in [9.17, 15) is 9.59 Å². The third kappa shape index (κ3) is 11.9. The Labute approximate surface area is 289 Å². The van der Waals surface area contributed by atoms with E-state index in [1.165, 1.54) is 11.1 Å². The Morgan fingerprint density at radius 3 is 2.42 bits per heavy atom. The number of rotatable bonds is 21. The molecule has 1 heterocycles. The van der Waals surface area contributed by atoms with Crippen molar-refractivity contribution in [3.63, 3.8) is 0 Å². The van der Waals surface area contributed by atoms with E-state index < -0.39 is 0 Å². The zero-order valence-electron chi connectivity index (χ0n) is 28.1. The van der Waals surface area contributed by atoms with E-state index in [1.807, 2.05) is 24.3 Å². The highest BCUT2D eigenvalue weighted by Gasteiger charge is 2.22. The van der Waals surface area contributed by atoms with Crippen LogP contribution in [-0.2, 0) is 38.3 Å². The Morgan fingerprint density at radius 2 is 1.62 bits per heavy atom. The third-order valence-corrected chi connectivity index (χ3v) is 8.22. The summed E-state index contributed by atoms with van der Waals surface area (Å²) in [7, 11) is 3.31. The molecule has 0 bridgehead atoms. The molecule has 2 amide bonds. The van der Waals surface area contributed by atoms with Gasteiger partial charge in [-0.05, 0) is 97.7 Å². The number of halogens is 1. The number of nitrogens with one attached hydrogen (secondary N) is 2. The summed E-state index contributed by atoms with van der Waals surface area (Å²) in [5.74, 6) is 1.73. The van der Waals surface area contributed by atoms with Gasteiger partial charge in [0, 0.05) is 37.6 Å². The van der Waals surface area contributed by atoms with Gasteiger partial charge in [-0.2, -0.15) is 0 Å². The lowest BCUT2D eigenvalue weighted by molar-refractivity contribution is -0.123. The van der Waals surface area contributed by atoms with Crippen molar-refractivity contribution >= 4 is 34.8 Å². The number of hydrogen-bond acceptors (Lipinski definition) is 8. The van der Waals surface area contributed by atoms with Gasteiger partial charge >= 0.3 is 0 Å². The average Bonchev–Trinajstić information content (AvgIpc) is 3.12. The highest BCUT2D eigenvalue weighted by molar-refractivity contribution is 6.29. The minimum Gasteiger partial charge on any atom is -0.493 e. The number of carbonyl (C=O) groups is 2. The van der Waals surface area contributed by atoms with E-state index in [1.54, 1.807) is 25.2 Å². The van der Waals surface area contributed by atoms with Gasteiger partial charge in [0.2, 0.25) is 5.91 Å². The van der Waals surface area contributed by atoms with Gasteiger partial charge in [-0.1, -0.05) is 18.2 Å². The molecule has 0 saturated heterocycles. The fourth-order valence-electron chi connectivity index (χ4n) is 5.56. The lowest BCUT2D eigenvalue weighted by Gasteiger charge is -2.29. The first-order chi connectivity index (χ1) is 23.5. The largest absolute Gasteiger partial charge is 0.493 e. The molecule has 260 valence electrons. The van der Waals surface area contributed by atoms with Crippen molar-refractivity contribution in [3.05, 3.63) is 77.4 Å². The molecular formula is C37H48ClN3O7. The number of hydrogen-bond donors (Lipinski definition) is 2. The Kier molecular flexibility index (Phi) is 15.7. The van der Waals surface area contributed by atoms with Gasteiger partial charge in [-0.15, -0.1) is 11.6 Å². The molecule has 0 saturated carbocycles. The molecule has 0 aromatic heterocycles. The summed E-state index contributed by atoms with van der Waals surface area (Å²) in [6.45, 7) is 3.77. The minimum absolute atomic E-state index is 0.0469. The van der Waals surface area contributed by atoms with Gasteiger partial charge in [0.05, 0.1) is 34.0 Å². The van der Waals surface area contributed by atoms with Crippen LogP contribution in [0.3, 0.4) is 0 Å². The summed E-state index contributed by atoms with van der Waals surface area (Å²) in [6, 6.07) is 20.2. The van der Waals surface area contributed by atoms with E-state index in [2.05, 4.69) is 41.0 Å². The zero-order valence-corrected chi connectivity index (χ0v) is 28.8. The second-order valence-electron chi connectivity index (χ2n) is 11.5. The highest BCUT2D eigenvalue weighted by Crippen LogP contribution is 2.31. The maximum Gasteiger partial charge on any atom is 0.258 e. The summed E-state index contributed by atoms with van der Waals surface area (Å²) in [4.78, 5) is 26.0. The fraction of sp³-hybridized carbons (Fsp3) is 0.459. The van der Waals surface area contributed by atoms with Gasteiger partial charge in [-0.25, -0.2) is 0 Å². The standard InChI is InChI=1S/C37H48ClN3O7/c1-44-34-15-12-29(24-35(34)45-2)8-3-7-28-9-4-11-31(23-28)39-16-6-19-46-21-22-47-20-17-40-36(42)27-48-32-13-14-33-30(25-32)10-5-18-41(33)37(43)26-38/h4,9,11-15,23-25,39H,3,5-8,10,16-22,26-27H2,1-2H3,(H,40,42). The first-order valence-corrected chi connectivity index (χ1v) is 17.1. The van der Waals surface area contributed by atoms with Crippen LogP contribution in [0.5, 0.6) is 17.2 Å². The van der Waals surface area contributed by atoms with Crippen molar-refractivity contribution in [2.24, 2.45) is 0 Å². The van der Waals surface area contributed by atoms with Gasteiger partial charge < -0.3 is 39.2 Å². The summed E-state index contributed by atoms with van der Waals surface area (Å²) in [5, 5.41) is 6.28. The molecule has 3 aromatic carbocycles. The first kappa shape index (κ1) is 36.8. The van der Waals surface area contributed by atoms with Crippen LogP contribution in [0.2, 0.25) is 0 Å². The fourth-order valence-corrected chi connectivity index (χ4v) is 5.70. The molecule has 10 nitrogen and oxygen atoms in total. The van der Waals surface area contributed by atoms with Gasteiger partial charge in [-0.3, -0.25) is 9.59 Å². The summed E-state index contributed by atoms with van der Waals surface area (Å²) >= 11 is 5.74. The number of methoxy groups -OCH3 is 2. The third-order valence-electron chi connectivity index (χ3n) is 8.00. The Balaban J connectivity index is 0.989. The molecule has 0 spiro atoms. The van der Waals surface area contributed by atoms with Crippen LogP contribution in [0.4, 0.5) is 11.4 Å². The maximum absolute atomic E-state index is 12.2. The topological polar surface area (TPSA) is 108 Å². The van der Waals surface area contributed by atoms with Gasteiger partial charge in [0.15, 0.2) is 18.1 Å². The van der Waals surface area contributed by atoms with E-state index in [-0.39, 0.29) is 24.3 Å². The zero-order chi connectivity index (χ0) is 34.0. The van der Waals surface area contributed by atoms with Crippen LogP contribution >= 0.6 is 11.6 Å². The summed E-state index contributed by atoms with van der Waals surface area (Å²) in [6.07, 6.45) is 5.62. The number of alkyl halides is 1. The monoisotopic (exact) mass is 681 g/mol. The van der Waals surface area contributed by atoms with Crippen LogP contribution in [0.1, 0.15) is 36.0 Å². The lowest BCUT2D eigenvalue weighted by Crippen LogP contribution is -2.36. The van der Waals surface area contributed by atoms with Gasteiger partial charge in [0.1, 0.15) is 11.6 Å². The Hall–Kier alpha value is -3.99.